The molecular weight excluding hydrogens is 641 g/mol. The molecule has 3 aromatic rings. The van der Waals surface area contributed by atoms with E-state index in [-0.39, 0.29) is 59.8 Å². The number of carbonyl (C=O) groups is 3. The fourth-order valence-corrected chi connectivity index (χ4v) is 6.59. The maximum absolute atomic E-state index is 13.5. The largest absolute Gasteiger partial charge is 1.00 e. The third-order valence-electron chi connectivity index (χ3n) is 7.18. The van der Waals surface area contributed by atoms with Crippen molar-refractivity contribution in [2.24, 2.45) is 18.9 Å². The van der Waals surface area contributed by atoms with E-state index in [9.17, 15) is 29.6 Å². The van der Waals surface area contributed by atoms with Gasteiger partial charge in [-0.25, -0.2) is 9.36 Å². The van der Waals surface area contributed by atoms with Gasteiger partial charge in [-0.1, -0.05) is 18.3 Å². The van der Waals surface area contributed by atoms with Crippen molar-refractivity contribution in [3.63, 3.8) is 0 Å². The summed E-state index contributed by atoms with van der Waals surface area (Å²) in [6.45, 7) is 3.67. The van der Waals surface area contributed by atoms with E-state index in [1.165, 1.54) is 40.5 Å². The van der Waals surface area contributed by atoms with Gasteiger partial charge < -0.3 is 44.0 Å². The highest BCUT2D eigenvalue weighted by molar-refractivity contribution is 7.18. The van der Waals surface area contributed by atoms with Crippen LogP contribution >= 0.6 is 11.3 Å². The second kappa shape index (κ2) is 11.0. The number of amides is 2. The normalized spacial score (nSPS) is 20.8. The van der Waals surface area contributed by atoms with Crippen molar-refractivity contribution in [2.75, 3.05) is 0 Å². The maximum atomic E-state index is 13.5. The molecule has 12 nitrogen and oxygen atoms in total. The van der Waals surface area contributed by atoms with Gasteiger partial charge in [-0.05, 0) is 24.6 Å². The van der Waals surface area contributed by atoms with Crippen LogP contribution in [0.1, 0.15) is 30.1 Å². The Bertz CT molecular complexity index is 1500. The summed E-state index contributed by atoms with van der Waals surface area (Å²) in [5.74, 6) is -1.07. The molecule has 0 radical (unpaired) electrons. The first-order valence-electron chi connectivity index (χ1n) is 12.0. The number of halogens is 1. The molecule has 2 amide bonds. The van der Waals surface area contributed by atoms with Crippen LogP contribution in [0.3, 0.4) is 0 Å². The first kappa shape index (κ1) is 28.6. The summed E-state index contributed by atoms with van der Waals surface area (Å²) in [5.41, 5.74) is 1.30. The Balaban J connectivity index is 0.00000353. The number of aliphatic hydroxyl groups is 1. The molecule has 206 valence electrons. The van der Waals surface area contributed by atoms with Gasteiger partial charge in [0.1, 0.15) is 31.2 Å². The summed E-state index contributed by atoms with van der Waals surface area (Å²) in [6, 6.07) is 5.30. The van der Waals surface area contributed by atoms with E-state index in [1.807, 2.05) is 35.3 Å². The zero-order valence-corrected chi connectivity index (χ0v) is 24.2. The Morgan fingerprint density at radius 1 is 1.36 bits per heavy atom. The molecule has 2 aliphatic heterocycles. The number of thiazole rings is 1. The minimum Gasteiger partial charge on any atom is -1.00 e. The van der Waals surface area contributed by atoms with Crippen molar-refractivity contribution in [1.82, 2.24) is 14.6 Å². The van der Waals surface area contributed by atoms with E-state index >= 15 is 0 Å². The molecular formula is C25H26IN5O7S. The molecule has 4 heterocycles. The molecule has 0 bridgehead atoms. The number of aliphatic hydroxyl groups excluding tert-OH is 1. The van der Waals surface area contributed by atoms with Crippen LogP contribution in [0, 0.1) is 22.0 Å². The zero-order chi connectivity index (χ0) is 27.3. The molecule has 0 saturated carbocycles. The number of nitrogens with zero attached hydrogens (tertiary/aromatic N) is 4. The number of esters is 1. The van der Waals surface area contributed by atoms with Gasteiger partial charge in [0.25, 0.3) is 11.5 Å². The van der Waals surface area contributed by atoms with Gasteiger partial charge in [0.05, 0.1) is 34.9 Å². The topological polar surface area (TPSA) is 147 Å². The van der Waals surface area contributed by atoms with Crippen molar-refractivity contribution in [3.05, 3.63) is 68.7 Å². The second-order valence-corrected chi connectivity index (χ2v) is 10.5. The van der Waals surface area contributed by atoms with Crippen LogP contribution in [0.5, 0.6) is 0 Å². The highest BCUT2D eigenvalue weighted by Gasteiger charge is 2.60. The molecule has 39 heavy (non-hydrogen) atoms. The standard InChI is InChI=1S/C25H25N5O7S.HI/c1-13-20(17-9-28-18(8-26-12-31)27(3)10-19(28)38-17)23(29-22(13)21(14(2)32)24(29)33)25(34)37-11-15-4-6-16(7-5-15)30(35)36;/h4-7,9-10,12-14,21-22,32H,8,11H2,1-3H3;1H/t13-,14+,21+,22+;/m0./s1. The van der Waals surface area contributed by atoms with Crippen molar-refractivity contribution >= 4 is 45.7 Å². The minimum absolute atomic E-state index is 0. The lowest BCUT2D eigenvalue weighted by Crippen LogP contribution is -3.00. The number of ether oxygens (including phenoxy) is 1. The summed E-state index contributed by atoms with van der Waals surface area (Å²) in [7, 11) is 1.87. The van der Waals surface area contributed by atoms with E-state index in [0.717, 1.165) is 15.5 Å². The lowest BCUT2D eigenvalue weighted by Gasteiger charge is -2.46. The van der Waals surface area contributed by atoms with E-state index in [0.29, 0.717) is 24.1 Å². The Kier molecular flexibility index (Phi) is 8.09. The van der Waals surface area contributed by atoms with Crippen molar-refractivity contribution < 1.29 is 57.7 Å². The second-order valence-electron chi connectivity index (χ2n) is 9.47. The monoisotopic (exact) mass is 667 g/mol. The molecule has 1 fully saturated rings. The first-order valence-corrected chi connectivity index (χ1v) is 12.8. The van der Waals surface area contributed by atoms with Crippen LogP contribution in [0.4, 0.5) is 5.69 Å². The first-order chi connectivity index (χ1) is 18.1. The average Bonchev–Trinajstić information content (AvgIpc) is 3.48. The molecule has 0 aliphatic carbocycles. The molecule has 0 spiro atoms. The SMILES string of the molecule is C[C@@H](O)[C@H]1C(=O)N2C(C(=O)OCc3ccc([N+](=O)[O-])cc3)=C(c3cn4c(CNC=O)[n+](C)cc4s3)[C@H](C)[C@H]12.[I-]. The maximum Gasteiger partial charge on any atom is 0.355 e. The average molecular weight is 667 g/mol. The summed E-state index contributed by atoms with van der Waals surface area (Å²) in [4.78, 5) is 50.8. The summed E-state index contributed by atoms with van der Waals surface area (Å²) < 4.78 is 9.41. The fraction of sp³-hybridized carbons (Fsp3) is 0.360. The molecule has 2 aromatic heterocycles. The number of nitro benzene ring substituents is 1. The van der Waals surface area contributed by atoms with Gasteiger partial charge in [0, 0.05) is 23.6 Å². The Labute approximate surface area is 244 Å². The van der Waals surface area contributed by atoms with Crippen LogP contribution in [-0.4, -0.2) is 49.8 Å². The number of non-ortho nitro benzene ring substituents is 1. The number of fused-ring (bicyclic) bond motifs is 2. The Hall–Kier alpha value is -3.37. The number of nitrogens with one attached hydrogen (secondary N) is 1. The van der Waals surface area contributed by atoms with Gasteiger partial charge in [0.15, 0.2) is 0 Å². The number of hydrogen-bond acceptors (Lipinski definition) is 8. The van der Waals surface area contributed by atoms with Crippen LogP contribution in [0.25, 0.3) is 10.4 Å². The van der Waals surface area contributed by atoms with Crippen LogP contribution in [0.2, 0.25) is 0 Å². The summed E-state index contributed by atoms with van der Waals surface area (Å²) >= 11 is 1.45. The number of benzene rings is 1. The third kappa shape index (κ3) is 4.80. The van der Waals surface area contributed by atoms with E-state index in [1.54, 1.807) is 6.92 Å². The van der Waals surface area contributed by atoms with Crippen molar-refractivity contribution in [3.8, 4) is 0 Å². The van der Waals surface area contributed by atoms with Crippen molar-refractivity contribution in [1.29, 1.82) is 0 Å². The molecule has 0 unspecified atom stereocenters. The fourth-order valence-electron chi connectivity index (χ4n) is 5.35. The lowest BCUT2D eigenvalue weighted by molar-refractivity contribution is -0.678. The molecule has 14 heteroatoms. The van der Waals surface area contributed by atoms with Gasteiger partial charge in [-0.2, -0.15) is 4.40 Å². The lowest BCUT2D eigenvalue weighted by atomic mass is 9.77. The summed E-state index contributed by atoms with van der Waals surface area (Å²) in [6.07, 6.45) is 3.55. The highest BCUT2D eigenvalue weighted by atomic mass is 127. The minimum atomic E-state index is -0.873. The molecule has 4 atom stereocenters. The number of carbonyl (C=O) groups excluding carboxylic acids is 3. The smallest absolute Gasteiger partial charge is 0.355 e. The van der Waals surface area contributed by atoms with E-state index in [4.69, 9.17) is 4.74 Å². The van der Waals surface area contributed by atoms with Crippen LogP contribution in [0.15, 0.2) is 42.4 Å². The quantitative estimate of drug-likeness (QED) is 0.0526. The van der Waals surface area contributed by atoms with E-state index < -0.39 is 22.9 Å². The summed E-state index contributed by atoms with van der Waals surface area (Å²) in [5, 5.41) is 23.8. The number of aryl methyl sites for hydroxylation is 1. The molecule has 1 aromatic carbocycles. The number of hydrogen-bond donors (Lipinski definition) is 2. The number of imidazole rings is 1. The van der Waals surface area contributed by atoms with Crippen molar-refractivity contribution in [2.45, 2.75) is 39.1 Å². The van der Waals surface area contributed by atoms with Gasteiger partial charge >= 0.3 is 5.97 Å². The Morgan fingerprint density at radius 3 is 2.67 bits per heavy atom. The molecule has 1 saturated heterocycles. The van der Waals surface area contributed by atoms with Gasteiger partial charge in [0.2, 0.25) is 17.1 Å². The number of aromatic nitrogens is 2. The molecule has 2 N–H and O–H groups in total. The molecule has 2 aliphatic rings. The Morgan fingerprint density at radius 2 is 2.05 bits per heavy atom. The predicted octanol–water partition coefficient (Wildman–Crippen LogP) is -1.70. The third-order valence-corrected chi connectivity index (χ3v) is 8.24. The van der Waals surface area contributed by atoms with Crippen LogP contribution < -0.4 is 33.9 Å². The highest BCUT2D eigenvalue weighted by Crippen LogP contribution is 2.51. The number of nitro groups is 1. The molecule has 5 rings (SSSR count). The van der Waals surface area contributed by atoms with Gasteiger partial charge in [-0.3, -0.25) is 19.7 Å². The zero-order valence-electron chi connectivity index (χ0n) is 21.2. The van der Waals surface area contributed by atoms with Gasteiger partial charge in [-0.15, -0.1) is 0 Å². The predicted molar refractivity (Wildman–Crippen MR) is 134 cm³/mol. The van der Waals surface area contributed by atoms with E-state index in [2.05, 4.69) is 5.32 Å². The van der Waals surface area contributed by atoms with Crippen LogP contribution in [-0.2, 0) is 39.3 Å². The number of rotatable bonds is 9. The number of β-lactam (4-membered cyclic amide) rings is 1.